The van der Waals surface area contributed by atoms with Crippen molar-refractivity contribution in [2.75, 3.05) is 12.4 Å². The number of carbonyl (C=O) groups is 1. The van der Waals surface area contributed by atoms with Crippen molar-refractivity contribution in [1.29, 1.82) is 0 Å². The first-order chi connectivity index (χ1) is 8.29. The molecule has 0 aliphatic carbocycles. The highest BCUT2D eigenvalue weighted by atomic mass is 32.1. The standard InChI is InChI=1S/C11H12N4OS/c1-12-8-2-3-14-10(4-8)11(16)15-6-9-5-13-7-17-9/h2-5,7H,6H2,1H3,(H,12,14)(H,15,16). The van der Waals surface area contributed by atoms with Crippen LogP contribution in [0.3, 0.4) is 0 Å². The minimum Gasteiger partial charge on any atom is -0.388 e. The van der Waals surface area contributed by atoms with Gasteiger partial charge >= 0.3 is 0 Å². The fourth-order valence-corrected chi connectivity index (χ4v) is 1.83. The predicted molar refractivity (Wildman–Crippen MR) is 67.1 cm³/mol. The van der Waals surface area contributed by atoms with Crippen LogP contribution in [0.2, 0.25) is 0 Å². The molecule has 0 aliphatic heterocycles. The molecule has 2 heterocycles. The summed E-state index contributed by atoms with van der Waals surface area (Å²) in [5.74, 6) is -0.185. The molecule has 1 amide bonds. The largest absolute Gasteiger partial charge is 0.388 e. The fourth-order valence-electron chi connectivity index (χ4n) is 1.30. The van der Waals surface area contributed by atoms with Crippen molar-refractivity contribution in [3.63, 3.8) is 0 Å². The highest BCUT2D eigenvalue weighted by Crippen LogP contribution is 2.08. The Kier molecular flexibility index (Phi) is 3.66. The summed E-state index contributed by atoms with van der Waals surface area (Å²) in [7, 11) is 1.80. The highest BCUT2D eigenvalue weighted by molar-refractivity contribution is 7.09. The number of hydrogen-bond acceptors (Lipinski definition) is 5. The van der Waals surface area contributed by atoms with Gasteiger partial charge in [-0.15, -0.1) is 11.3 Å². The lowest BCUT2D eigenvalue weighted by atomic mass is 10.3. The zero-order valence-electron chi connectivity index (χ0n) is 9.30. The SMILES string of the molecule is CNc1ccnc(C(=O)NCc2cncs2)c1. The van der Waals surface area contributed by atoms with Gasteiger partial charge in [-0.05, 0) is 12.1 Å². The quantitative estimate of drug-likeness (QED) is 0.860. The van der Waals surface area contributed by atoms with E-state index in [2.05, 4.69) is 20.6 Å². The van der Waals surface area contributed by atoms with E-state index in [1.165, 1.54) is 11.3 Å². The first-order valence-corrected chi connectivity index (χ1v) is 5.97. The minimum absolute atomic E-state index is 0.185. The van der Waals surface area contributed by atoms with Gasteiger partial charge in [0.25, 0.3) is 5.91 Å². The van der Waals surface area contributed by atoms with Crippen molar-refractivity contribution in [3.05, 3.63) is 40.6 Å². The summed E-state index contributed by atoms with van der Waals surface area (Å²) < 4.78 is 0. The molecule has 0 saturated heterocycles. The second-order valence-electron chi connectivity index (χ2n) is 3.33. The van der Waals surface area contributed by atoms with E-state index in [4.69, 9.17) is 0 Å². The maximum Gasteiger partial charge on any atom is 0.270 e. The molecule has 17 heavy (non-hydrogen) atoms. The van der Waals surface area contributed by atoms with Crippen LogP contribution in [0, 0.1) is 0 Å². The topological polar surface area (TPSA) is 66.9 Å². The Morgan fingerprint density at radius 2 is 2.41 bits per heavy atom. The maximum atomic E-state index is 11.8. The number of nitrogens with one attached hydrogen (secondary N) is 2. The molecule has 0 unspecified atom stereocenters. The Bertz CT molecular complexity index is 498. The Balaban J connectivity index is 1.99. The molecule has 0 fully saturated rings. The van der Waals surface area contributed by atoms with E-state index >= 15 is 0 Å². The second kappa shape index (κ2) is 5.40. The van der Waals surface area contributed by atoms with E-state index < -0.39 is 0 Å². The van der Waals surface area contributed by atoms with Crippen molar-refractivity contribution < 1.29 is 4.79 Å². The van der Waals surface area contributed by atoms with E-state index in [0.717, 1.165) is 10.6 Å². The van der Waals surface area contributed by atoms with E-state index in [0.29, 0.717) is 12.2 Å². The first kappa shape index (κ1) is 11.5. The molecular formula is C11H12N4OS. The van der Waals surface area contributed by atoms with Gasteiger partial charge in [0.1, 0.15) is 5.69 Å². The summed E-state index contributed by atoms with van der Waals surface area (Å²) >= 11 is 1.51. The van der Waals surface area contributed by atoms with Crippen molar-refractivity contribution >= 4 is 22.9 Å². The minimum atomic E-state index is -0.185. The monoisotopic (exact) mass is 248 g/mol. The molecule has 0 aliphatic rings. The summed E-state index contributed by atoms with van der Waals surface area (Å²) in [6, 6.07) is 3.52. The van der Waals surface area contributed by atoms with Crippen LogP contribution >= 0.6 is 11.3 Å². The third-order valence-electron chi connectivity index (χ3n) is 2.19. The third-order valence-corrected chi connectivity index (χ3v) is 2.97. The zero-order valence-corrected chi connectivity index (χ0v) is 10.1. The third kappa shape index (κ3) is 3.01. The van der Waals surface area contributed by atoms with Gasteiger partial charge in [-0.1, -0.05) is 0 Å². The van der Waals surface area contributed by atoms with Crippen LogP contribution in [0.1, 0.15) is 15.4 Å². The molecular weight excluding hydrogens is 236 g/mol. The normalized spacial score (nSPS) is 9.94. The van der Waals surface area contributed by atoms with Crippen LogP contribution in [-0.2, 0) is 6.54 Å². The van der Waals surface area contributed by atoms with Crippen LogP contribution < -0.4 is 10.6 Å². The number of rotatable bonds is 4. The number of nitrogens with zero attached hydrogens (tertiary/aromatic N) is 2. The van der Waals surface area contributed by atoms with Gasteiger partial charge < -0.3 is 10.6 Å². The van der Waals surface area contributed by atoms with Gasteiger partial charge in [0.2, 0.25) is 0 Å². The van der Waals surface area contributed by atoms with Crippen molar-refractivity contribution in [2.45, 2.75) is 6.54 Å². The second-order valence-corrected chi connectivity index (χ2v) is 4.30. The summed E-state index contributed by atoms with van der Waals surface area (Å²) in [5, 5.41) is 5.76. The van der Waals surface area contributed by atoms with Crippen molar-refractivity contribution in [3.8, 4) is 0 Å². The Morgan fingerprint density at radius 1 is 1.53 bits per heavy atom. The number of pyridine rings is 1. The lowest BCUT2D eigenvalue weighted by Crippen LogP contribution is -2.23. The highest BCUT2D eigenvalue weighted by Gasteiger charge is 2.07. The maximum absolute atomic E-state index is 11.8. The lowest BCUT2D eigenvalue weighted by Gasteiger charge is -2.04. The number of aromatic nitrogens is 2. The van der Waals surface area contributed by atoms with Gasteiger partial charge in [0.05, 0.1) is 12.1 Å². The summed E-state index contributed by atoms with van der Waals surface area (Å²) in [5.41, 5.74) is 3.01. The number of anilines is 1. The van der Waals surface area contributed by atoms with Gasteiger partial charge in [0.15, 0.2) is 0 Å². The van der Waals surface area contributed by atoms with Crippen LogP contribution in [-0.4, -0.2) is 22.9 Å². The molecule has 5 nitrogen and oxygen atoms in total. The van der Waals surface area contributed by atoms with E-state index in [1.54, 1.807) is 37.1 Å². The molecule has 0 saturated carbocycles. The van der Waals surface area contributed by atoms with E-state index in [9.17, 15) is 4.79 Å². The van der Waals surface area contributed by atoms with Crippen LogP contribution in [0.25, 0.3) is 0 Å². The zero-order chi connectivity index (χ0) is 12.1. The van der Waals surface area contributed by atoms with Crippen LogP contribution in [0.5, 0.6) is 0 Å². The van der Waals surface area contributed by atoms with Crippen LogP contribution in [0.15, 0.2) is 30.0 Å². The van der Waals surface area contributed by atoms with Gasteiger partial charge in [-0.2, -0.15) is 0 Å². The molecule has 6 heteroatoms. The lowest BCUT2D eigenvalue weighted by molar-refractivity contribution is 0.0946. The smallest absolute Gasteiger partial charge is 0.270 e. The Labute approximate surface area is 103 Å². The molecule has 0 aromatic carbocycles. The molecule has 0 atom stereocenters. The van der Waals surface area contributed by atoms with Crippen LogP contribution in [0.4, 0.5) is 5.69 Å². The summed E-state index contributed by atoms with van der Waals surface area (Å²) in [6.45, 7) is 0.481. The number of hydrogen-bond donors (Lipinski definition) is 2. The summed E-state index contributed by atoms with van der Waals surface area (Å²) in [4.78, 5) is 20.8. The number of amides is 1. The van der Waals surface area contributed by atoms with Gasteiger partial charge in [-0.3, -0.25) is 14.8 Å². The van der Waals surface area contributed by atoms with Crippen molar-refractivity contribution in [2.24, 2.45) is 0 Å². The average molecular weight is 248 g/mol. The van der Waals surface area contributed by atoms with E-state index in [-0.39, 0.29) is 5.91 Å². The van der Waals surface area contributed by atoms with Gasteiger partial charge in [0, 0.05) is 30.0 Å². The molecule has 2 aromatic heterocycles. The fraction of sp³-hybridized carbons (Fsp3) is 0.182. The molecule has 0 spiro atoms. The van der Waals surface area contributed by atoms with E-state index in [1.807, 2.05) is 0 Å². The molecule has 2 N–H and O–H groups in total. The van der Waals surface area contributed by atoms with Crippen molar-refractivity contribution in [1.82, 2.24) is 15.3 Å². The Hall–Kier alpha value is -1.95. The number of thiazole rings is 1. The van der Waals surface area contributed by atoms with Gasteiger partial charge in [-0.25, -0.2) is 0 Å². The molecule has 2 rings (SSSR count). The average Bonchev–Trinajstić information content (AvgIpc) is 2.89. The molecule has 0 bridgehead atoms. The molecule has 2 aromatic rings. The first-order valence-electron chi connectivity index (χ1n) is 5.09. The predicted octanol–water partition coefficient (Wildman–Crippen LogP) is 1.51. The number of carbonyl (C=O) groups excluding carboxylic acids is 1. The summed E-state index contributed by atoms with van der Waals surface area (Å²) in [6.07, 6.45) is 3.34. The Morgan fingerprint density at radius 3 is 3.12 bits per heavy atom. The molecule has 88 valence electrons. The molecule has 0 radical (unpaired) electrons.